The molecule has 0 fully saturated rings. The molecule has 1 amide bonds. The molecular weight excluding hydrogens is 320 g/mol. The normalized spacial score (nSPS) is 10.2. The van der Waals surface area contributed by atoms with E-state index in [2.05, 4.69) is 5.32 Å². The first-order valence-corrected chi connectivity index (χ1v) is 7.49. The Morgan fingerprint density at radius 3 is 2.00 bits per heavy atom. The van der Waals surface area contributed by atoms with Gasteiger partial charge in [-0.1, -0.05) is 24.3 Å². The number of anilines is 1. The number of carbonyl (C=O) groups excluding carboxylic acids is 1. The molecule has 0 atom stereocenters. The second-order valence-electron chi connectivity index (χ2n) is 5.35. The summed E-state index contributed by atoms with van der Waals surface area (Å²) in [5.41, 5.74) is 2.52. The molecule has 25 heavy (non-hydrogen) atoms. The number of benzene rings is 3. The predicted octanol–water partition coefficient (Wildman–Crippen LogP) is 4.22. The maximum atomic E-state index is 12.2. The molecule has 6 nitrogen and oxygen atoms in total. The zero-order valence-corrected chi connectivity index (χ0v) is 13.0. The van der Waals surface area contributed by atoms with Crippen LogP contribution in [0.5, 0.6) is 5.75 Å². The zero-order valence-electron chi connectivity index (χ0n) is 13.0. The summed E-state index contributed by atoms with van der Waals surface area (Å²) in [5, 5.41) is 23.1. The molecule has 0 spiro atoms. The van der Waals surface area contributed by atoms with Gasteiger partial charge in [-0.25, -0.2) is 0 Å². The molecule has 3 aromatic carbocycles. The van der Waals surface area contributed by atoms with Gasteiger partial charge in [-0.15, -0.1) is 0 Å². The number of hydrogen-bond acceptors (Lipinski definition) is 4. The number of hydrogen-bond donors (Lipinski definition) is 2. The SMILES string of the molecule is O=C(Nc1ccc(-c2ccc([N+](=O)[O-])cc2)cc1)c1ccccc1O. The van der Waals surface area contributed by atoms with E-state index in [-0.39, 0.29) is 17.0 Å². The van der Waals surface area contributed by atoms with Gasteiger partial charge in [0.25, 0.3) is 11.6 Å². The van der Waals surface area contributed by atoms with E-state index in [4.69, 9.17) is 0 Å². The summed E-state index contributed by atoms with van der Waals surface area (Å²) in [6.45, 7) is 0. The van der Waals surface area contributed by atoms with Crippen LogP contribution < -0.4 is 5.32 Å². The van der Waals surface area contributed by atoms with Gasteiger partial charge in [-0.3, -0.25) is 14.9 Å². The fourth-order valence-electron chi connectivity index (χ4n) is 2.39. The second-order valence-corrected chi connectivity index (χ2v) is 5.35. The van der Waals surface area contributed by atoms with Crippen LogP contribution in [-0.2, 0) is 0 Å². The average Bonchev–Trinajstić information content (AvgIpc) is 2.63. The molecule has 0 radical (unpaired) electrons. The lowest BCUT2D eigenvalue weighted by Gasteiger charge is -2.08. The first-order chi connectivity index (χ1) is 12.0. The number of amides is 1. The van der Waals surface area contributed by atoms with Crippen molar-refractivity contribution >= 4 is 17.3 Å². The van der Waals surface area contributed by atoms with E-state index in [1.165, 1.54) is 24.3 Å². The van der Waals surface area contributed by atoms with Crippen molar-refractivity contribution < 1.29 is 14.8 Å². The molecule has 0 bridgehead atoms. The van der Waals surface area contributed by atoms with E-state index in [0.717, 1.165) is 11.1 Å². The average molecular weight is 334 g/mol. The topological polar surface area (TPSA) is 92.5 Å². The van der Waals surface area contributed by atoms with Gasteiger partial charge in [-0.05, 0) is 47.5 Å². The van der Waals surface area contributed by atoms with Crippen molar-refractivity contribution in [3.8, 4) is 16.9 Å². The zero-order chi connectivity index (χ0) is 17.8. The first-order valence-electron chi connectivity index (χ1n) is 7.49. The highest BCUT2D eigenvalue weighted by Crippen LogP contribution is 2.24. The number of phenolic OH excluding ortho intramolecular Hbond substituents is 1. The van der Waals surface area contributed by atoms with Crippen molar-refractivity contribution in [2.75, 3.05) is 5.32 Å². The fourth-order valence-corrected chi connectivity index (χ4v) is 2.39. The number of phenols is 1. The van der Waals surface area contributed by atoms with Crippen LogP contribution in [-0.4, -0.2) is 15.9 Å². The maximum Gasteiger partial charge on any atom is 0.269 e. The van der Waals surface area contributed by atoms with Gasteiger partial charge in [0.15, 0.2) is 0 Å². The third-order valence-electron chi connectivity index (χ3n) is 3.70. The van der Waals surface area contributed by atoms with Crippen LogP contribution in [0, 0.1) is 10.1 Å². The first kappa shape index (κ1) is 16.2. The minimum atomic E-state index is -0.443. The second kappa shape index (κ2) is 6.84. The number of nitrogens with zero attached hydrogens (tertiary/aromatic N) is 1. The molecule has 0 unspecified atom stereocenters. The summed E-state index contributed by atoms with van der Waals surface area (Å²) in [6.07, 6.45) is 0. The molecule has 0 aliphatic carbocycles. The standard InChI is InChI=1S/C19H14N2O4/c22-18-4-2-1-3-17(18)19(23)20-15-9-5-13(6-10-15)14-7-11-16(12-8-14)21(24)25/h1-12,22H,(H,20,23). The predicted molar refractivity (Wildman–Crippen MR) is 94.6 cm³/mol. The number of rotatable bonds is 4. The fraction of sp³-hybridized carbons (Fsp3) is 0. The van der Waals surface area contributed by atoms with Crippen LogP contribution in [0.25, 0.3) is 11.1 Å². The lowest BCUT2D eigenvalue weighted by molar-refractivity contribution is -0.384. The van der Waals surface area contributed by atoms with Crippen LogP contribution in [0.1, 0.15) is 10.4 Å². The molecule has 0 aromatic heterocycles. The third-order valence-corrected chi connectivity index (χ3v) is 3.70. The van der Waals surface area contributed by atoms with Crippen molar-refractivity contribution in [2.24, 2.45) is 0 Å². The number of nitro benzene ring substituents is 1. The van der Waals surface area contributed by atoms with Gasteiger partial charge >= 0.3 is 0 Å². The molecule has 0 aliphatic heterocycles. The van der Waals surface area contributed by atoms with Gasteiger partial charge in [0, 0.05) is 17.8 Å². The Bertz CT molecular complexity index is 919. The van der Waals surface area contributed by atoms with Crippen LogP contribution >= 0.6 is 0 Å². The van der Waals surface area contributed by atoms with E-state index in [9.17, 15) is 20.0 Å². The van der Waals surface area contributed by atoms with E-state index >= 15 is 0 Å². The highest BCUT2D eigenvalue weighted by atomic mass is 16.6. The Hall–Kier alpha value is -3.67. The molecular formula is C19H14N2O4. The van der Waals surface area contributed by atoms with Crippen LogP contribution in [0.2, 0.25) is 0 Å². The van der Waals surface area contributed by atoms with E-state index in [0.29, 0.717) is 5.69 Å². The van der Waals surface area contributed by atoms with E-state index in [1.54, 1.807) is 36.4 Å². The van der Waals surface area contributed by atoms with Gasteiger partial charge in [0.2, 0.25) is 0 Å². The van der Waals surface area contributed by atoms with Crippen LogP contribution in [0.3, 0.4) is 0 Å². The molecule has 0 saturated carbocycles. The summed E-state index contributed by atoms with van der Waals surface area (Å²) in [6, 6.07) is 19.6. The Labute approximate surface area is 143 Å². The van der Waals surface area contributed by atoms with Gasteiger partial charge in [-0.2, -0.15) is 0 Å². The Balaban J connectivity index is 1.75. The Morgan fingerprint density at radius 1 is 0.880 bits per heavy atom. The van der Waals surface area contributed by atoms with E-state index in [1.807, 2.05) is 12.1 Å². The number of nitrogens with one attached hydrogen (secondary N) is 1. The monoisotopic (exact) mass is 334 g/mol. The maximum absolute atomic E-state index is 12.2. The van der Waals surface area contributed by atoms with Crippen molar-refractivity contribution in [1.29, 1.82) is 0 Å². The highest BCUT2D eigenvalue weighted by molar-refractivity contribution is 6.06. The molecule has 0 heterocycles. The molecule has 6 heteroatoms. The molecule has 0 aliphatic rings. The van der Waals surface area contributed by atoms with Crippen molar-refractivity contribution in [2.45, 2.75) is 0 Å². The summed E-state index contributed by atoms with van der Waals surface area (Å²) in [5.74, 6) is -0.483. The van der Waals surface area contributed by atoms with Gasteiger partial charge in [0.1, 0.15) is 5.75 Å². The number of nitro groups is 1. The van der Waals surface area contributed by atoms with Crippen molar-refractivity contribution in [3.05, 3.63) is 88.5 Å². The summed E-state index contributed by atoms with van der Waals surface area (Å²) in [4.78, 5) is 22.4. The molecule has 124 valence electrons. The smallest absolute Gasteiger partial charge is 0.269 e. The highest BCUT2D eigenvalue weighted by Gasteiger charge is 2.10. The summed E-state index contributed by atoms with van der Waals surface area (Å²) < 4.78 is 0. The molecule has 3 rings (SSSR count). The quantitative estimate of drug-likeness (QED) is 0.552. The largest absolute Gasteiger partial charge is 0.507 e. The molecule has 2 N–H and O–H groups in total. The number of aromatic hydroxyl groups is 1. The van der Waals surface area contributed by atoms with Gasteiger partial charge < -0.3 is 10.4 Å². The Kier molecular flexibility index (Phi) is 4.43. The number of carbonyl (C=O) groups is 1. The summed E-state index contributed by atoms with van der Waals surface area (Å²) >= 11 is 0. The van der Waals surface area contributed by atoms with Crippen LogP contribution in [0.15, 0.2) is 72.8 Å². The number of non-ortho nitro benzene ring substituents is 1. The number of para-hydroxylation sites is 1. The Morgan fingerprint density at radius 2 is 1.44 bits per heavy atom. The van der Waals surface area contributed by atoms with Crippen molar-refractivity contribution in [3.63, 3.8) is 0 Å². The van der Waals surface area contributed by atoms with Gasteiger partial charge in [0.05, 0.1) is 10.5 Å². The van der Waals surface area contributed by atoms with Crippen molar-refractivity contribution in [1.82, 2.24) is 0 Å². The molecule has 3 aromatic rings. The van der Waals surface area contributed by atoms with E-state index < -0.39 is 10.8 Å². The van der Waals surface area contributed by atoms with Crippen LogP contribution in [0.4, 0.5) is 11.4 Å². The third kappa shape index (κ3) is 3.64. The minimum absolute atomic E-state index is 0.0373. The molecule has 0 saturated heterocycles. The summed E-state index contributed by atoms with van der Waals surface area (Å²) in [7, 11) is 0. The lowest BCUT2D eigenvalue weighted by atomic mass is 10.0. The lowest BCUT2D eigenvalue weighted by Crippen LogP contribution is -2.11. The minimum Gasteiger partial charge on any atom is -0.507 e.